The van der Waals surface area contributed by atoms with E-state index in [9.17, 15) is 4.79 Å². The molecule has 0 rings (SSSR count). The summed E-state index contributed by atoms with van der Waals surface area (Å²) >= 11 is 0. The molecule has 0 spiro atoms. The van der Waals surface area contributed by atoms with Crippen molar-refractivity contribution in [3.05, 3.63) is 0 Å². The molecule has 0 saturated heterocycles. The molecule has 3 N–H and O–H groups in total. The molecule has 0 heterocycles. The third-order valence-electron chi connectivity index (χ3n) is 1.89. The Kier molecular flexibility index (Phi) is 4.86. The molecule has 0 aromatic carbocycles. The number of rotatable bonds is 5. The summed E-state index contributed by atoms with van der Waals surface area (Å²) in [5.41, 5.74) is 5.62. The van der Waals surface area contributed by atoms with Crippen molar-refractivity contribution in [1.82, 2.24) is 0 Å². The molecule has 0 fully saturated rings. The number of carboxylic acid groups (broad SMARTS) is 1. The summed E-state index contributed by atoms with van der Waals surface area (Å²) in [6.45, 7) is 4.07. The van der Waals surface area contributed by atoms with Gasteiger partial charge in [-0.05, 0) is 12.3 Å². The minimum Gasteiger partial charge on any atom is -0.481 e. The van der Waals surface area contributed by atoms with E-state index in [1.54, 1.807) is 0 Å². The zero-order valence-electron chi connectivity index (χ0n) is 7.21. The first-order valence-corrected chi connectivity index (χ1v) is 4.05. The Balaban J connectivity index is 3.63. The molecule has 2 atom stereocenters. The fraction of sp³-hybridized carbons (Fsp3) is 0.875. The SMILES string of the molecule is CCC[C@H](C)[C@H](N)CC(=O)O. The molecule has 66 valence electrons. The summed E-state index contributed by atoms with van der Waals surface area (Å²) in [6.07, 6.45) is 2.16. The normalized spacial score (nSPS) is 15.9. The van der Waals surface area contributed by atoms with E-state index in [2.05, 4.69) is 6.92 Å². The third-order valence-corrected chi connectivity index (χ3v) is 1.89. The minimum atomic E-state index is -0.805. The predicted octanol–water partition coefficient (Wildman–Crippen LogP) is 1.22. The van der Waals surface area contributed by atoms with Gasteiger partial charge in [0.05, 0.1) is 6.42 Å². The molecule has 11 heavy (non-hydrogen) atoms. The zero-order chi connectivity index (χ0) is 8.85. The van der Waals surface area contributed by atoms with Crippen LogP contribution in [0.15, 0.2) is 0 Å². The molecule has 0 amide bonds. The maximum Gasteiger partial charge on any atom is 0.304 e. The Morgan fingerprint density at radius 2 is 2.18 bits per heavy atom. The van der Waals surface area contributed by atoms with Crippen molar-refractivity contribution >= 4 is 5.97 Å². The van der Waals surface area contributed by atoms with Gasteiger partial charge < -0.3 is 10.8 Å². The van der Waals surface area contributed by atoms with E-state index < -0.39 is 5.97 Å². The van der Waals surface area contributed by atoms with Crippen LogP contribution in [0.2, 0.25) is 0 Å². The Labute approximate surface area is 67.6 Å². The van der Waals surface area contributed by atoms with Crippen LogP contribution in [-0.2, 0) is 4.79 Å². The van der Waals surface area contributed by atoms with Crippen LogP contribution in [0.25, 0.3) is 0 Å². The molecule has 0 unspecified atom stereocenters. The van der Waals surface area contributed by atoms with Gasteiger partial charge in [-0.15, -0.1) is 0 Å². The Hall–Kier alpha value is -0.570. The lowest BCUT2D eigenvalue weighted by molar-refractivity contribution is -0.137. The van der Waals surface area contributed by atoms with Crippen molar-refractivity contribution in [3.8, 4) is 0 Å². The standard InChI is InChI=1S/C8H17NO2/c1-3-4-6(2)7(9)5-8(10)11/h6-7H,3-5,9H2,1-2H3,(H,10,11)/t6-,7+/m0/s1. The summed E-state index contributed by atoms with van der Waals surface area (Å²) in [7, 11) is 0. The van der Waals surface area contributed by atoms with Gasteiger partial charge in [0, 0.05) is 6.04 Å². The molecule has 3 heteroatoms. The van der Waals surface area contributed by atoms with Crippen molar-refractivity contribution in [3.63, 3.8) is 0 Å². The van der Waals surface area contributed by atoms with E-state index >= 15 is 0 Å². The molecule has 0 aromatic rings. The van der Waals surface area contributed by atoms with Gasteiger partial charge in [-0.1, -0.05) is 20.3 Å². The molecule has 0 bridgehead atoms. The van der Waals surface area contributed by atoms with E-state index in [4.69, 9.17) is 10.8 Å². The number of carbonyl (C=O) groups is 1. The van der Waals surface area contributed by atoms with Gasteiger partial charge in [0.2, 0.25) is 0 Å². The van der Waals surface area contributed by atoms with Gasteiger partial charge in [-0.2, -0.15) is 0 Å². The highest BCUT2D eigenvalue weighted by Gasteiger charge is 2.14. The fourth-order valence-corrected chi connectivity index (χ4v) is 1.07. The Morgan fingerprint density at radius 1 is 1.64 bits per heavy atom. The minimum absolute atomic E-state index is 0.0845. The van der Waals surface area contributed by atoms with Crippen LogP contribution in [0.1, 0.15) is 33.1 Å². The number of nitrogens with two attached hydrogens (primary N) is 1. The predicted molar refractivity (Wildman–Crippen MR) is 44.3 cm³/mol. The Morgan fingerprint density at radius 3 is 2.55 bits per heavy atom. The molecule has 0 aliphatic rings. The van der Waals surface area contributed by atoms with Gasteiger partial charge in [-0.3, -0.25) is 4.79 Å². The topological polar surface area (TPSA) is 63.3 Å². The lowest BCUT2D eigenvalue weighted by Gasteiger charge is -2.16. The Bertz CT molecular complexity index is 125. The molecule has 0 aliphatic carbocycles. The van der Waals surface area contributed by atoms with Gasteiger partial charge in [-0.25, -0.2) is 0 Å². The maximum atomic E-state index is 10.2. The lowest BCUT2D eigenvalue weighted by atomic mass is 9.95. The van der Waals surface area contributed by atoms with Crippen LogP contribution in [-0.4, -0.2) is 17.1 Å². The quantitative estimate of drug-likeness (QED) is 0.634. The van der Waals surface area contributed by atoms with Crippen LogP contribution < -0.4 is 5.73 Å². The first kappa shape index (κ1) is 10.4. The van der Waals surface area contributed by atoms with Gasteiger partial charge in [0.15, 0.2) is 0 Å². The number of aliphatic carboxylic acids is 1. The van der Waals surface area contributed by atoms with Crippen molar-refractivity contribution in [2.24, 2.45) is 11.7 Å². The van der Waals surface area contributed by atoms with Gasteiger partial charge in [0.25, 0.3) is 0 Å². The van der Waals surface area contributed by atoms with Crippen molar-refractivity contribution < 1.29 is 9.90 Å². The maximum absolute atomic E-state index is 10.2. The largest absolute Gasteiger partial charge is 0.481 e. The first-order chi connectivity index (χ1) is 5.07. The van der Waals surface area contributed by atoms with E-state index in [0.717, 1.165) is 12.8 Å². The summed E-state index contributed by atoms with van der Waals surface area (Å²) in [4.78, 5) is 10.2. The highest BCUT2D eigenvalue weighted by Crippen LogP contribution is 2.10. The van der Waals surface area contributed by atoms with Gasteiger partial charge >= 0.3 is 5.97 Å². The van der Waals surface area contributed by atoms with Crippen molar-refractivity contribution in [1.29, 1.82) is 0 Å². The van der Waals surface area contributed by atoms with Crippen molar-refractivity contribution in [2.75, 3.05) is 0 Å². The summed E-state index contributed by atoms with van der Waals surface area (Å²) in [6, 6.07) is -0.188. The molecule has 0 aliphatic heterocycles. The van der Waals surface area contributed by atoms with E-state index in [0.29, 0.717) is 5.92 Å². The van der Waals surface area contributed by atoms with Gasteiger partial charge in [0.1, 0.15) is 0 Å². The lowest BCUT2D eigenvalue weighted by Crippen LogP contribution is -2.30. The highest BCUT2D eigenvalue weighted by molar-refractivity contribution is 5.67. The summed E-state index contributed by atoms with van der Waals surface area (Å²) < 4.78 is 0. The van der Waals surface area contributed by atoms with Crippen molar-refractivity contribution in [2.45, 2.75) is 39.2 Å². The second kappa shape index (κ2) is 5.13. The van der Waals surface area contributed by atoms with Crippen LogP contribution in [0.3, 0.4) is 0 Å². The molecule has 0 aromatic heterocycles. The van der Waals surface area contributed by atoms with Crippen LogP contribution in [0.4, 0.5) is 0 Å². The number of hydrogen-bond acceptors (Lipinski definition) is 2. The molecule has 0 radical (unpaired) electrons. The van der Waals surface area contributed by atoms with E-state index in [1.165, 1.54) is 0 Å². The summed E-state index contributed by atoms with van der Waals surface area (Å²) in [5.74, 6) is -0.489. The average Bonchev–Trinajstić information content (AvgIpc) is 1.86. The molecule has 3 nitrogen and oxygen atoms in total. The average molecular weight is 159 g/mol. The van der Waals surface area contributed by atoms with Crippen LogP contribution >= 0.6 is 0 Å². The van der Waals surface area contributed by atoms with Crippen LogP contribution in [0, 0.1) is 5.92 Å². The van der Waals surface area contributed by atoms with E-state index in [1.807, 2.05) is 6.92 Å². The third kappa shape index (κ3) is 4.79. The zero-order valence-corrected chi connectivity index (χ0v) is 7.21. The second-order valence-electron chi connectivity index (χ2n) is 3.03. The van der Waals surface area contributed by atoms with Crippen LogP contribution in [0.5, 0.6) is 0 Å². The molecular formula is C8H17NO2. The second-order valence-corrected chi connectivity index (χ2v) is 3.03. The fourth-order valence-electron chi connectivity index (χ4n) is 1.07. The number of hydrogen-bond donors (Lipinski definition) is 2. The number of carboxylic acids is 1. The molecule has 0 saturated carbocycles. The highest BCUT2D eigenvalue weighted by atomic mass is 16.4. The van der Waals surface area contributed by atoms with E-state index in [-0.39, 0.29) is 12.5 Å². The first-order valence-electron chi connectivity index (χ1n) is 4.05. The monoisotopic (exact) mass is 159 g/mol. The smallest absolute Gasteiger partial charge is 0.304 e. The molecular weight excluding hydrogens is 142 g/mol. The summed E-state index contributed by atoms with van der Waals surface area (Å²) in [5, 5.41) is 8.42.